The molecule has 1 amide bonds. The van der Waals surface area contributed by atoms with Gasteiger partial charge in [-0.25, -0.2) is 0 Å². The van der Waals surface area contributed by atoms with E-state index in [0.29, 0.717) is 6.42 Å². The van der Waals surface area contributed by atoms with Crippen LogP contribution in [0.5, 0.6) is 0 Å². The van der Waals surface area contributed by atoms with E-state index >= 15 is 0 Å². The van der Waals surface area contributed by atoms with Crippen LogP contribution >= 0.6 is 0 Å². The molecule has 0 saturated carbocycles. The van der Waals surface area contributed by atoms with Crippen LogP contribution in [0.1, 0.15) is 239 Å². The number of aliphatic hydroxyl groups excluding tert-OH is 2. The number of carbonyl (C=O) groups is 1. The lowest BCUT2D eigenvalue weighted by Gasteiger charge is -2.19. The van der Waals surface area contributed by atoms with Crippen LogP contribution in [-0.4, -0.2) is 34.9 Å². The fourth-order valence-corrected chi connectivity index (χ4v) is 7.75. The van der Waals surface area contributed by atoms with E-state index in [-0.39, 0.29) is 12.5 Å². The molecule has 4 nitrogen and oxygen atoms in total. The van der Waals surface area contributed by atoms with Crippen molar-refractivity contribution >= 4 is 5.91 Å². The van der Waals surface area contributed by atoms with Crippen LogP contribution in [0, 0.1) is 0 Å². The summed E-state index contributed by atoms with van der Waals surface area (Å²) in [5.74, 6) is -0.0843. The number of aliphatic hydroxyl groups is 2. The van der Waals surface area contributed by atoms with E-state index in [1.54, 1.807) is 6.08 Å². The summed E-state index contributed by atoms with van der Waals surface area (Å²) >= 11 is 0. The lowest BCUT2D eigenvalue weighted by Crippen LogP contribution is -2.45. The number of hydrogen-bond donors (Lipinski definition) is 3. The molecule has 2 unspecified atom stereocenters. The molecule has 0 aliphatic heterocycles. The van der Waals surface area contributed by atoms with E-state index in [0.717, 1.165) is 103 Å². The van der Waals surface area contributed by atoms with Gasteiger partial charge < -0.3 is 15.5 Å². The van der Waals surface area contributed by atoms with Gasteiger partial charge in [0.2, 0.25) is 5.91 Å². The van der Waals surface area contributed by atoms with Gasteiger partial charge in [-0.05, 0) is 109 Å². The normalized spacial score (nSPS) is 14.0. The van der Waals surface area contributed by atoms with Crippen LogP contribution in [0.25, 0.3) is 0 Å². The highest BCUT2D eigenvalue weighted by Gasteiger charge is 2.17. The average molecular weight is 951 g/mol. The van der Waals surface area contributed by atoms with Crippen molar-refractivity contribution in [2.45, 2.75) is 251 Å². The topological polar surface area (TPSA) is 69.6 Å². The van der Waals surface area contributed by atoms with Crippen molar-refractivity contribution in [3.63, 3.8) is 0 Å². The van der Waals surface area contributed by atoms with Gasteiger partial charge in [0.1, 0.15) is 0 Å². The van der Waals surface area contributed by atoms with Gasteiger partial charge in [0.25, 0.3) is 0 Å². The van der Waals surface area contributed by atoms with Gasteiger partial charge in [0.15, 0.2) is 0 Å². The van der Waals surface area contributed by atoms with Crippen molar-refractivity contribution in [1.29, 1.82) is 0 Å². The summed E-state index contributed by atoms with van der Waals surface area (Å²) in [6, 6.07) is -0.651. The quantitative estimate of drug-likeness (QED) is 0.0420. The van der Waals surface area contributed by atoms with Gasteiger partial charge >= 0.3 is 0 Å². The van der Waals surface area contributed by atoms with Crippen LogP contribution in [-0.2, 0) is 4.79 Å². The number of carbonyl (C=O) groups excluding carboxylic acids is 1. The molecule has 3 N–H and O–H groups in total. The smallest absolute Gasteiger partial charge is 0.220 e. The number of rotatable bonds is 50. The van der Waals surface area contributed by atoms with Crippen LogP contribution in [0.15, 0.2) is 146 Å². The fourth-order valence-electron chi connectivity index (χ4n) is 7.75. The standard InChI is InChI=1S/C65H107NO3/c1-3-5-7-9-11-13-15-17-19-21-22-23-24-25-26-27-28-29-30-31-32-33-34-35-36-37-38-39-40-41-42-43-44-45-47-49-51-53-55-57-59-61-65(69)66-63(62-67)64(68)60-58-56-54-52-50-48-46-20-18-16-14-12-10-8-6-4-2/h5,7,11,13,17,19,22-23,25-26,28-29,31-32,34-35,37-38,40-41,50,52,58,60,63-64,67-68H,3-4,6,8-10,12,14-16,18,20-21,24,27,30,33,36,39,42-49,51,53-57,59,61-62H2,1-2H3,(H,66,69)/b7-5-,13-11-,19-17-,23-22-,26-25-,29-28-,32-31-,35-34-,38-37-,41-40-,52-50+,60-58+. The molecule has 4 heteroatoms. The third-order valence-corrected chi connectivity index (χ3v) is 12.1. The van der Waals surface area contributed by atoms with Gasteiger partial charge in [-0.3, -0.25) is 4.79 Å². The van der Waals surface area contributed by atoms with E-state index in [9.17, 15) is 15.0 Å². The molecule has 0 fully saturated rings. The summed E-state index contributed by atoms with van der Waals surface area (Å²) in [7, 11) is 0. The zero-order chi connectivity index (χ0) is 49.9. The lowest BCUT2D eigenvalue weighted by molar-refractivity contribution is -0.123. The summed E-state index contributed by atoms with van der Waals surface area (Å²) in [5, 5.41) is 23.1. The highest BCUT2D eigenvalue weighted by Crippen LogP contribution is 2.14. The Morgan fingerprint density at radius 3 is 1.01 bits per heavy atom. The maximum Gasteiger partial charge on any atom is 0.220 e. The maximum absolute atomic E-state index is 12.5. The highest BCUT2D eigenvalue weighted by molar-refractivity contribution is 5.76. The van der Waals surface area contributed by atoms with Gasteiger partial charge in [0.05, 0.1) is 18.8 Å². The van der Waals surface area contributed by atoms with E-state index in [4.69, 9.17) is 0 Å². The zero-order valence-electron chi connectivity index (χ0n) is 44.8. The number of amides is 1. The Bertz CT molecular complexity index is 1450. The number of hydrogen-bond acceptors (Lipinski definition) is 3. The second-order valence-corrected chi connectivity index (χ2v) is 18.6. The SMILES string of the molecule is CC/C=C\C/C=C\C/C=C\C/C=C\C/C=C\C/C=C\C/C=C\C/C=C\C/C=C\C/C=C\CCCCCCCCCCCCC(=O)NC(CO)C(O)/C=C/CC/C=C/CCCCCCCCCCCC. The predicted octanol–water partition coefficient (Wildman–Crippen LogP) is 19.2. The van der Waals surface area contributed by atoms with E-state index in [1.165, 1.54) is 116 Å². The molecular weight excluding hydrogens is 843 g/mol. The largest absolute Gasteiger partial charge is 0.394 e. The lowest BCUT2D eigenvalue weighted by atomic mass is 10.0. The van der Waals surface area contributed by atoms with Gasteiger partial charge in [0, 0.05) is 6.42 Å². The molecule has 0 heterocycles. The molecule has 0 aliphatic carbocycles. The number of nitrogens with one attached hydrogen (secondary N) is 1. The Kier molecular flexibility index (Phi) is 55.4. The molecule has 69 heavy (non-hydrogen) atoms. The molecule has 0 aromatic rings. The maximum atomic E-state index is 12.5. The minimum Gasteiger partial charge on any atom is -0.394 e. The Morgan fingerprint density at radius 2 is 0.652 bits per heavy atom. The van der Waals surface area contributed by atoms with Crippen LogP contribution < -0.4 is 5.32 Å². The molecule has 0 bridgehead atoms. The first-order chi connectivity index (χ1) is 34.2. The molecular formula is C65H107NO3. The third-order valence-electron chi connectivity index (χ3n) is 12.1. The molecule has 390 valence electrons. The van der Waals surface area contributed by atoms with Crippen molar-refractivity contribution in [3.8, 4) is 0 Å². The molecule has 0 aromatic heterocycles. The first-order valence-corrected chi connectivity index (χ1v) is 28.5. The van der Waals surface area contributed by atoms with E-state index < -0.39 is 12.1 Å². The molecule has 0 spiro atoms. The molecule has 0 aliphatic rings. The summed E-state index contributed by atoms with van der Waals surface area (Å²) < 4.78 is 0. The van der Waals surface area contributed by atoms with Crippen molar-refractivity contribution in [2.24, 2.45) is 0 Å². The molecule has 0 saturated heterocycles. The third kappa shape index (κ3) is 55.1. The minimum atomic E-state index is -0.873. The Morgan fingerprint density at radius 1 is 0.362 bits per heavy atom. The van der Waals surface area contributed by atoms with Crippen LogP contribution in [0.2, 0.25) is 0 Å². The summed E-state index contributed by atoms with van der Waals surface area (Å²) in [5.41, 5.74) is 0. The fraction of sp³-hybridized carbons (Fsp3) is 0.615. The molecule has 0 rings (SSSR count). The Hall–Kier alpha value is -3.73. The second-order valence-electron chi connectivity index (χ2n) is 18.6. The van der Waals surface area contributed by atoms with Crippen LogP contribution in [0.3, 0.4) is 0 Å². The Balaban J connectivity index is 3.64. The second kappa shape index (κ2) is 58.6. The summed E-state index contributed by atoms with van der Waals surface area (Å²) in [6.45, 7) is 4.17. The van der Waals surface area contributed by atoms with E-state index in [2.05, 4.69) is 153 Å². The zero-order valence-corrected chi connectivity index (χ0v) is 44.8. The van der Waals surface area contributed by atoms with Gasteiger partial charge in [-0.15, -0.1) is 0 Å². The van der Waals surface area contributed by atoms with Crippen molar-refractivity contribution < 1.29 is 15.0 Å². The number of unbranched alkanes of at least 4 members (excludes halogenated alkanes) is 21. The highest BCUT2D eigenvalue weighted by atomic mass is 16.3. The summed E-state index contributed by atoms with van der Waals surface area (Å²) in [4.78, 5) is 12.5. The monoisotopic (exact) mass is 950 g/mol. The Labute approximate surface area is 427 Å². The average Bonchev–Trinajstić information content (AvgIpc) is 3.35. The van der Waals surface area contributed by atoms with Crippen LogP contribution in [0.4, 0.5) is 0 Å². The van der Waals surface area contributed by atoms with Crippen molar-refractivity contribution in [3.05, 3.63) is 146 Å². The predicted molar refractivity (Wildman–Crippen MR) is 308 cm³/mol. The van der Waals surface area contributed by atoms with Gasteiger partial charge in [-0.1, -0.05) is 269 Å². The molecule has 0 aromatic carbocycles. The van der Waals surface area contributed by atoms with Gasteiger partial charge in [-0.2, -0.15) is 0 Å². The van der Waals surface area contributed by atoms with Crippen molar-refractivity contribution in [2.75, 3.05) is 6.61 Å². The first kappa shape index (κ1) is 65.3. The van der Waals surface area contributed by atoms with Crippen molar-refractivity contribution in [1.82, 2.24) is 5.32 Å². The first-order valence-electron chi connectivity index (χ1n) is 28.5. The van der Waals surface area contributed by atoms with E-state index in [1.807, 2.05) is 6.08 Å². The molecule has 2 atom stereocenters. The minimum absolute atomic E-state index is 0.0843. The number of allylic oxidation sites excluding steroid dienone is 23. The molecule has 0 radical (unpaired) electrons. The summed E-state index contributed by atoms with van der Waals surface area (Å²) in [6.07, 6.45) is 92.9.